The summed E-state index contributed by atoms with van der Waals surface area (Å²) in [4.78, 5) is 12.4. The lowest BCUT2D eigenvalue weighted by Crippen LogP contribution is -2.31. The van der Waals surface area contributed by atoms with E-state index in [1.807, 2.05) is 30.3 Å². The zero-order chi connectivity index (χ0) is 17.8. The van der Waals surface area contributed by atoms with Crippen LogP contribution in [0.1, 0.15) is 11.6 Å². The molecule has 0 aliphatic carbocycles. The van der Waals surface area contributed by atoms with Gasteiger partial charge < -0.3 is 10.4 Å². The summed E-state index contributed by atoms with van der Waals surface area (Å²) in [6, 6.07) is 16.1. The Bertz CT molecular complexity index is 874. The van der Waals surface area contributed by atoms with Gasteiger partial charge in [0, 0.05) is 29.7 Å². The molecule has 2 aromatic carbocycles. The molecule has 25 heavy (non-hydrogen) atoms. The molecule has 0 saturated heterocycles. The summed E-state index contributed by atoms with van der Waals surface area (Å²) in [6.45, 7) is 0. The molecular formula is C19H18BrN3O2. The number of likely N-dealkylation sites (N-methyl/N-ethyl adjacent to an activating group) is 1. The third kappa shape index (κ3) is 4.09. The SMILES string of the molecule is CNC(=O)C(Cc1cccc(Br)c1)n1ccc(-c2ccc(O)cc2)n1. The minimum Gasteiger partial charge on any atom is -0.508 e. The van der Waals surface area contributed by atoms with Gasteiger partial charge in [0.25, 0.3) is 0 Å². The molecule has 0 fully saturated rings. The summed E-state index contributed by atoms with van der Waals surface area (Å²) in [6.07, 6.45) is 2.34. The van der Waals surface area contributed by atoms with Crippen LogP contribution in [0.4, 0.5) is 0 Å². The molecule has 1 heterocycles. The smallest absolute Gasteiger partial charge is 0.244 e. The Morgan fingerprint density at radius 2 is 2.00 bits per heavy atom. The molecule has 1 aromatic heterocycles. The fourth-order valence-electron chi connectivity index (χ4n) is 2.66. The predicted molar refractivity (Wildman–Crippen MR) is 100 cm³/mol. The van der Waals surface area contributed by atoms with E-state index < -0.39 is 6.04 Å². The molecule has 0 bridgehead atoms. The Labute approximate surface area is 154 Å². The van der Waals surface area contributed by atoms with Crippen molar-refractivity contribution in [2.75, 3.05) is 7.05 Å². The van der Waals surface area contributed by atoms with Crippen molar-refractivity contribution in [2.45, 2.75) is 12.5 Å². The maximum absolute atomic E-state index is 12.4. The van der Waals surface area contributed by atoms with E-state index in [0.29, 0.717) is 6.42 Å². The van der Waals surface area contributed by atoms with E-state index in [9.17, 15) is 9.90 Å². The van der Waals surface area contributed by atoms with E-state index in [1.54, 1.807) is 42.2 Å². The lowest BCUT2D eigenvalue weighted by Gasteiger charge is -2.16. The number of benzene rings is 2. The third-order valence-electron chi connectivity index (χ3n) is 3.96. The first-order valence-corrected chi connectivity index (χ1v) is 8.66. The van der Waals surface area contributed by atoms with Crippen LogP contribution in [0.25, 0.3) is 11.3 Å². The Kier molecular flexibility index (Phi) is 5.19. The third-order valence-corrected chi connectivity index (χ3v) is 4.45. The number of nitrogens with one attached hydrogen (secondary N) is 1. The molecular weight excluding hydrogens is 382 g/mol. The molecule has 6 heteroatoms. The molecule has 1 unspecified atom stereocenters. The number of amides is 1. The van der Waals surface area contributed by atoms with Crippen LogP contribution in [-0.2, 0) is 11.2 Å². The summed E-state index contributed by atoms with van der Waals surface area (Å²) in [5.41, 5.74) is 2.68. The average molecular weight is 400 g/mol. The van der Waals surface area contributed by atoms with Crippen LogP contribution in [0.3, 0.4) is 0 Å². The van der Waals surface area contributed by atoms with Crippen molar-refractivity contribution in [2.24, 2.45) is 0 Å². The van der Waals surface area contributed by atoms with Gasteiger partial charge in [0.05, 0.1) is 5.69 Å². The van der Waals surface area contributed by atoms with Crippen LogP contribution in [0.2, 0.25) is 0 Å². The Hall–Kier alpha value is -2.60. The molecule has 5 nitrogen and oxygen atoms in total. The second kappa shape index (κ2) is 7.53. The van der Waals surface area contributed by atoms with E-state index in [4.69, 9.17) is 0 Å². The molecule has 0 radical (unpaired) electrons. The van der Waals surface area contributed by atoms with Crippen molar-refractivity contribution in [3.8, 4) is 17.0 Å². The van der Waals surface area contributed by atoms with E-state index in [2.05, 4.69) is 26.3 Å². The standard InChI is InChI=1S/C19H18BrN3O2/c1-21-19(25)18(12-13-3-2-4-15(20)11-13)23-10-9-17(22-23)14-5-7-16(24)8-6-14/h2-11,18,24H,12H2,1H3,(H,21,25). The van der Waals surface area contributed by atoms with Crippen LogP contribution in [-0.4, -0.2) is 27.8 Å². The topological polar surface area (TPSA) is 67.2 Å². The minimum absolute atomic E-state index is 0.0969. The van der Waals surface area contributed by atoms with Gasteiger partial charge in [0.2, 0.25) is 5.91 Å². The first kappa shape index (κ1) is 17.2. The number of phenols is 1. The number of hydrogen-bond acceptors (Lipinski definition) is 3. The van der Waals surface area contributed by atoms with Gasteiger partial charge in [0.1, 0.15) is 11.8 Å². The van der Waals surface area contributed by atoms with E-state index in [1.165, 1.54) is 0 Å². The van der Waals surface area contributed by atoms with Gasteiger partial charge in [-0.3, -0.25) is 9.48 Å². The number of rotatable bonds is 5. The minimum atomic E-state index is -0.440. The molecule has 2 N–H and O–H groups in total. The number of halogens is 1. The number of aromatic nitrogens is 2. The first-order chi connectivity index (χ1) is 12.1. The van der Waals surface area contributed by atoms with Crippen molar-refractivity contribution in [3.63, 3.8) is 0 Å². The van der Waals surface area contributed by atoms with Crippen molar-refractivity contribution >= 4 is 21.8 Å². The van der Waals surface area contributed by atoms with Crippen LogP contribution in [0.5, 0.6) is 5.75 Å². The number of carbonyl (C=O) groups is 1. The van der Waals surface area contributed by atoms with Crippen molar-refractivity contribution in [1.82, 2.24) is 15.1 Å². The van der Waals surface area contributed by atoms with Crippen LogP contribution < -0.4 is 5.32 Å². The zero-order valence-corrected chi connectivity index (χ0v) is 15.3. The molecule has 0 aliphatic rings. The summed E-state index contributed by atoms with van der Waals surface area (Å²) >= 11 is 3.46. The molecule has 1 amide bonds. The van der Waals surface area contributed by atoms with Gasteiger partial charge in [-0.05, 0) is 48.0 Å². The van der Waals surface area contributed by atoms with E-state index in [-0.39, 0.29) is 11.7 Å². The Morgan fingerprint density at radius 1 is 1.24 bits per heavy atom. The number of aromatic hydroxyl groups is 1. The summed E-state index contributed by atoms with van der Waals surface area (Å²) in [7, 11) is 1.63. The lowest BCUT2D eigenvalue weighted by atomic mass is 10.1. The average Bonchev–Trinajstić information content (AvgIpc) is 3.09. The summed E-state index contributed by atoms with van der Waals surface area (Å²) in [5, 5.41) is 16.7. The first-order valence-electron chi connectivity index (χ1n) is 7.87. The molecule has 3 rings (SSSR count). The summed E-state index contributed by atoms with van der Waals surface area (Å²) in [5.74, 6) is 0.112. The number of nitrogens with zero attached hydrogens (tertiary/aromatic N) is 2. The molecule has 128 valence electrons. The number of hydrogen-bond donors (Lipinski definition) is 2. The molecule has 1 atom stereocenters. The maximum atomic E-state index is 12.4. The molecule has 0 spiro atoms. The highest BCUT2D eigenvalue weighted by Gasteiger charge is 2.21. The molecule has 3 aromatic rings. The molecule has 0 aliphatic heterocycles. The summed E-state index contributed by atoms with van der Waals surface area (Å²) < 4.78 is 2.66. The number of phenolic OH excluding ortho intramolecular Hbond substituents is 1. The van der Waals surface area contributed by atoms with Crippen molar-refractivity contribution < 1.29 is 9.90 Å². The normalized spacial score (nSPS) is 11.9. The highest BCUT2D eigenvalue weighted by atomic mass is 79.9. The van der Waals surface area contributed by atoms with Gasteiger partial charge >= 0.3 is 0 Å². The largest absolute Gasteiger partial charge is 0.508 e. The van der Waals surface area contributed by atoms with Crippen LogP contribution >= 0.6 is 15.9 Å². The van der Waals surface area contributed by atoms with E-state index >= 15 is 0 Å². The quantitative estimate of drug-likeness (QED) is 0.689. The highest BCUT2D eigenvalue weighted by Crippen LogP contribution is 2.23. The van der Waals surface area contributed by atoms with Crippen molar-refractivity contribution in [1.29, 1.82) is 0 Å². The second-order valence-electron chi connectivity index (χ2n) is 5.69. The zero-order valence-electron chi connectivity index (χ0n) is 13.7. The van der Waals surface area contributed by atoms with Gasteiger partial charge in [-0.15, -0.1) is 0 Å². The maximum Gasteiger partial charge on any atom is 0.244 e. The fraction of sp³-hybridized carbons (Fsp3) is 0.158. The van der Waals surface area contributed by atoms with Gasteiger partial charge in [-0.1, -0.05) is 28.1 Å². The van der Waals surface area contributed by atoms with Gasteiger partial charge in [-0.25, -0.2) is 0 Å². The second-order valence-corrected chi connectivity index (χ2v) is 6.61. The molecule has 0 saturated carbocycles. The Morgan fingerprint density at radius 3 is 2.68 bits per heavy atom. The number of carbonyl (C=O) groups excluding carboxylic acids is 1. The Balaban J connectivity index is 1.89. The van der Waals surface area contributed by atoms with Gasteiger partial charge in [-0.2, -0.15) is 5.10 Å². The van der Waals surface area contributed by atoms with E-state index in [0.717, 1.165) is 21.3 Å². The van der Waals surface area contributed by atoms with Crippen LogP contribution in [0.15, 0.2) is 65.3 Å². The fourth-order valence-corrected chi connectivity index (χ4v) is 3.10. The lowest BCUT2D eigenvalue weighted by molar-refractivity contribution is -0.124. The predicted octanol–water partition coefficient (Wildman–Crippen LogP) is 3.55. The highest BCUT2D eigenvalue weighted by molar-refractivity contribution is 9.10. The monoisotopic (exact) mass is 399 g/mol. The van der Waals surface area contributed by atoms with Crippen molar-refractivity contribution in [3.05, 3.63) is 70.8 Å². The van der Waals surface area contributed by atoms with Crippen LogP contribution in [0, 0.1) is 0 Å². The van der Waals surface area contributed by atoms with Gasteiger partial charge in [0.15, 0.2) is 0 Å².